The number of esters is 1. The van der Waals surface area contributed by atoms with Gasteiger partial charge in [-0.2, -0.15) is 0 Å². The van der Waals surface area contributed by atoms with Crippen LogP contribution in [-0.2, 0) is 16.0 Å². The van der Waals surface area contributed by atoms with Crippen LogP contribution >= 0.6 is 27.5 Å². The van der Waals surface area contributed by atoms with Crippen LogP contribution in [0.3, 0.4) is 0 Å². The van der Waals surface area contributed by atoms with E-state index in [-0.39, 0.29) is 0 Å². The van der Waals surface area contributed by atoms with Crippen LogP contribution in [0.4, 0.5) is 0 Å². The van der Waals surface area contributed by atoms with Gasteiger partial charge in [0.15, 0.2) is 0 Å². The van der Waals surface area contributed by atoms with Crippen molar-refractivity contribution in [1.82, 2.24) is 5.32 Å². The molecule has 0 spiro atoms. The fraction of sp³-hybridized carbons (Fsp3) is 0.176. The topological polar surface area (TPSA) is 55.4 Å². The number of hydrogen-bond donors (Lipinski definition) is 1. The summed E-state index contributed by atoms with van der Waals surface area (Å²) >= 11 is 9.45. The van der Waals surface area contributed by atoms with Gasteiger partial charge in [0.25, 0.3) is 5.91 Å². The van der Waals surface area contributed by atoms with Crippen molar-refractivity contribution in [1.29, 1.82) is 0 Å². The molecule has 0 aromatic heterocycles. The number of nitrogens with one attached hydrogen (secondary N) is 1. The molecule has 0 saturated heterocycles. The SMILES string of the molecule is COC(=O)[C@@H](Cc1ccccc1Br)NC(=O)c1ccccc1Cl. The van der Waals surface area contributed by atoms with E-state index in [4.69, 9.17) is 16.3 Å². The van der Waals surface area contributed by atoms with E-state index < -0.39 is 17.9 Å². The molecule has 23 heavy (non-hydrogen) atoms. The summed E-state index contributed by atoms with van der Waals surface area (Å²) in [6, 6.07) is 13.4. The highest BCUT2D eigenvalue weighted by molar-refractivity contribution is 9.10. The van der Waals surface area contributed by atoms with Gasteiger partial charge >= 0.3 is 5.97 Å². The summed E-state index contributed by atoms with van der Waals surface area (Å²) in [6.07, 6.45) is 0.310. The second kappa shape index (κ2) is 8.13. The van der Waals surface area contributed by atoms with E-state index >= 15 is 0 Å². The molecule has 1 amide bonds. The maximum Gasteiger partial charge on any atom is 0.328 e. The third kappa shape index (κ3) is 4.56. The summed E-state index contributed by atoms with van der Waals surface area (Å²) in [5.41, 5.74) is 1.21. The Morgan fingerprint density at radius 3 is 2.48 bits per heavy atom. The van der Waals surface area contributed by atoms with E-state index in [2.05, 4.69) is 21.2 Å². The number of amides is 1. The monoisotopic (exact) mass is 395 g/mol. The van der Waals surface area contributed by atoms with Gasteiger partial charge in [0, 0.05) is 10.9 Å². The van der Waals surface area contributed by atoms with Crippen molar-refractivity contribution >= 4 is 39.4 Å². The molecule has 0 unspecified atom stereocenters. The molecule has 2 aromatic rings. The number of benzene rings is 2. The van der Waals surface area contributed by atoms with Gasteiger partial charge in [0.05, 0.1) is 17.7 Å². The Morgan fingerprint density at radius 1 is 1.17 bits per heavy atom. The smallest absolute Gasteiger partial charge is 0.328 e. The van der Waals surface area contributed by atoms with Crippen LogP contribution in [0.1, 0.15) is 15.9 Å². The standard InChI is InChI=1S/C17H15BrClNO3/c1-23-17(22)15(10-11-6-2-4-8-13(11)18)20-16(21)12-7-3-5-9-14(12)19/h2-9,15H,10H2,1H3,(H,20,21)/t15-/m1/s1. The second-order valence-electron chi connectivity index (χ2n) is 4.82. The van der Waals surface area contributed by atoms with Crippen molar-refractivity contribution in [3.8, 4) is 0 Å². The van der Waals surface area contributed by atoms with Crippen LogP contribution in [-0.4, -0.2) is 25.0 Å². The van der Waals surface area contributed by atoms with Gasteiger partial charge in [-0.3, -0.25) is 4.79 Å². The lowest BCUT2D eigenvalue weighted by atomic mass is 10.1. The van der Waals surface area contributed by atoms with Crippen molar-refractivity contribution in [2.24, 2.45) is 0 Å². The second-order valence-corrected chi connectivity index (χ2v) is 6.09. The summed E-state index contributed by atoms with van der Waals surface area (Å²) in [7, 11) is 1.29. The Kier molecular flexibility index (Phi) is 6.19. The molecule has 0 saturated carbocycles. The summed E-state index contributed by atoms with van der Waals surface area (Å²) in [6.45, 7) is 0. The number of carbonyl (C=O) groups excluding carboxylic acids is 2. The summed E-state index contributed by atoms with van der Waals surface area (Å²) in [5, 5.41) is 3.01. The number of halogens is 2. The molecule has 2 aromatic carbocycles. The van der Waals surface area contributed by atoms with E-state index in [9.17, 15) is 9.59 Å². The Labute approximate surface area is 147 Å². The summed E-state index contributed by atoms with van der Waals surface area (Å²) in [4.78, 5) is 24.4. The molecule has 120 valence electrons. The molecule has 4 nitrogen and oxygen atoms in total. The largest absolute Gasteiger partial charge is 0.467 e. The molecule has 0 fully saturated rings. The van der Waals surface area contributed by atoms with E-state index in [1.165, 1.54) is 7.11 Å². The minimum Gasteiger partial charge on any atom is -0.467 e. The average molecular weight is 397 g/mol. The van der Waals surface area contributed by atoms with Crippen LogP contribution in [0.5, 0.6) is 0 Å². The number of hydrogen-bond acceptors (Lipinski definition) is 3. The third-order valence-corrected chi connectivity index (χ3v) is 4.39. The summed E-state index contributed by atoms with van der Waals surface area (Å²) < 4.78 is 5.65. The molecule has 0 bridgehead atoms. The molecule has 0 heterocycles. The van der Waals surface area contributed by atoms with Crippen molar-refractivity contribution in [3.05, 3.63) is 69.2 Å². The van der Waals surface area contributed by atoms with E-state index in [1.807, 2.05) is 24.3 Å². The first kappa shape index (κ1) is 17.5. The molecule has 0 aliphatic heterocycles. The molecule has 1 atom stereocenters. The molecule has 0 radical (unpaired) electrons. The van der Waals surface area contributed by atoms with Gasteiger partial charge in [-0.15, -0.1) is 0 Å². The zero-order valence-electron chi connectivity index (χ0n) is 12.4. The molecule has 0 aliphatic rings. The minimum absolute atomic E-state index is 0.310. The number of rotatable bonds is 5. The van der Waals surface area contributed by atoms with Gasteiger partial charge < -0.3 is 10.1 Å². The average Bonchev–Trinajstić information content (AvgIpc) is 2.55. The Morgan fingerprint density at radius 2 is 1.83 bits per heavy atom. The predicted molar refractivity (Wildman–Crippen MR) is 92.6 cm³/mol. The lowest BCUT2D eigenvalue weighted by Gasteiger charge is -2.17. The van der Waals surface area contributed by atoms with Crippen molar-refractivity contribution in [3.63, 3.8) is 0 Å². The maximum atomic E-state index is 12.4. The first-order valence-electron chi connectivity index (χ1n) is 6.89. The highest BCUT2D eigenvalue weighted by atomic mass is 79.9. The Balaban J connectivity index is 2.20. The first-order valence-corrected chi connectivity index (χ1v) is 8.06. The van der Waals surface area contributed by atoms with E-state index in [0.717, 1.165) is 10.0 Å². The minimum atomic E-state index is -0.803. The van der Waals surface area contributed by atoms with Gasteiger partial charge in [-0.25, -0.2) is 4.79 Å². The fourth-order valence-electron chi connectivity index (χ4n) is 2.10. The van der Waals surface area contributed by atoms with Gasteiger partial charge in [0.2, 0.25) is 0 Å². The van der Waals surface area contributed by atoms with Gasteiger partial charge in [-0.1, -0.05) is 57.9 Å². The lowest BCUT2D eigenvalue weighted by Crippen LogP contribution is -2.43. The van der Waals surface area contributed by atoms with Crippen molar-refractivity contribution in [2.75, 3.05) is 7.11 Å². The first-order chi connectivity index (χ1) is 11.0. The van der Waals surface area contributed by atoms with Crippen LogP contribution in [0.25, 0.3) is 0 Å². The van der Waals surface area contributed by atoms with Crippen LogP contribution in [0.15, 0.2) is 53.0 Å². The zero-order valence-corrected chi connectivity index (χ0v) is 14.7. The highest BCUT2D eigenvalue weighted by Gasteiger charge is 2.24. The third-order valence-electron chi connectivity index (χ3n) is 3.29. The number of carbonyl (C=O) groups is 2. The predicted octanol–water partition coefficient (Wildman–Crippen LogP) is 3.62. The number of methoxy groups -OCH3 is 1. The van der Waals surface area contributed by atoms with Crippen molar-refractivity contribution < 1.29 is 14.3 Å². The molecule has 0 aliphatic carbocycles. The Hall–Kier alpha value is -1.85. The van der Waals surface area contributed by atoms with Crippen LogP contribution in [0.2, 0.25) is 5.02 Å². The maximum absolute atomic E-state index is 12.4. The molecular formula is C17H15BrClNO3. The van der Waals surface area contributed by atoms with Crippen molar-refractivity contribution in [2.45, 2.75) is 12.5 Å². The fourth-order valence-corrected chi connectivity index (χ4v) is 2.77. The van der Waals surface area contributed by atoms with E-state index in [1.54, 1.807) is 24.3 Å². The zero-order chi connectivity index (χ0) is 16.8. The van der Waals surface area contributed by atoms with Gasteiger partial charge in [0.1, 0.15) is 6.04 Å². The molecule has 2 rings (SSSR count). The molecule has 6 heteroatoms. The lowest BCUT2D eigenvalue weighted by molar-refractivity contribution is -0.142. The number of ether oxygens (including phenoxy) is 1. The molecule has 1 N–H and O–H groups in total. The highest BCUT2D eigenvalue weighted by Crippen LogP contribution is 2.19. The summed E-state index contributed by atoms with van der Waals surface area (Å²) in [5.74, 6) is -0.931. The van der Waals surface area contributed by atoms with E-state index in [0.29, 0.717) is 17.0 Å². The van der Waals surface area contributed by atoms with Gasteiger partial charge in [-0.05, 0) is 23.8 Å². The van der Waals surface area contributed by atoms with Crippen LogP contribution in [0, 0.1) is 0 Å². The quantitative estimate of drug-likeness (QED) is 0.786. The molecular weight excluding hydrogens is 382 g/mol. The Bertz CT molecular complexity index is 720. The normalized spacial score (nSPS) is 11.6. The van der Waals surface area contributed by atoms with Crippen LogP contribution < -0.4 is 5.32 Å².